The zero-order valence-electron chi connectivity index (χ0n) is 11.6. The minimum absolute atomic E-state index is 0.519. The van der Waals surface area contributed by atoms with E-state index in [1.54, 1.807) is 13.2 Å². The number of aromatic nitrogens is 1. The third kappa shape index (κ3) is 4.06. The lowest BCUT2D eigenvalue weighted by Crippen LogP contribution is -2.37. The molecule has 1 aliphatic rings. The highest BCUT2D eigenvalue weighted by Crippen LogP contribution is 2.35. The lowest BCUT2D eigenvalue weighted by Gasteiger charge is -2.29. The molecule has 19 heavy (non-hydrogen) atoms. The van der Waals surface area contributed by atoms with Crippen molar-refractivity contribution in [3.8, 4) is 0 Å². The second kappa shape index (κ2) is 6.55. The molecule has 0 aliphatic heterocycles. The molecular weight excluding hydrogens is 262 g/mol. The lowest BCUT2D eigenvalue weighted by molar-refractivity contribution is 0.111. The molecule has 0 saturated heterocycles. The molecule has 1 heterocycles. The smallest absolute Gasteiger partial charge is 0.123 e. The van der Waals surface area contributed by atoms with Crippen LogP contribution in [0.25, 0.3) is 0 Å². The molecule has 0 radical (unpaired) electrons. The summed E-state index contributed by atoms with van der Waals surface area (Å²) in [4.78, 5) is 6.73. The van der Waals surface area contributed by atoms with E-state index < -0.39 is 0 Å². The van der Waals surface area contributed by atoms with E-state index in [0.29, 0.717) is 16.9 Å². The Morgan fingerprint density at radius 2 is 2.26 bits per heavy atom. The van der Waals surface area contributed by atoms with Crippen molar-refractivity contribution in [2.75, 3.05) is 26.0 Å². The Hall–Kier alpha value is -0.840. The van der Waals surface area contributed by atoms with Crippen molar-refractivity contribution >= 4 is 17.4 Å². The lowest BCUT2D eigenvalue weighted by atomic mass is 10.1. The fourth-order valence-corrected chi connectivity index (χ4v) is 2.48. The number of pyridine rings is 1. The van der Waals surface area contributed by atoms with Gasteiger partial charge in [0.2, 0.25) is 0 Å². The van der Waals surface area contributed by atoms with Gasteiger partial charge in [0.1, 0.15) is 5.82 Å². The molecule has 0 bridgehead atoms. The Morgan fingerprint density at radius 3 is 2.89 bits per heavy atom. The van der Waals surface area contributed by atoms with Crippen LogP contribution >= 0.6 is 11.6 Å². The predicted octanol–water partition coefficient (Wildman–Crippen LogP) is 2.56. The highest BCUT2D eigenvalue weighted by Gasteiger charge is 2.32. The molecule has 0 amide bonds. The number of hydrogen-bond donors (Lipinski definition) is 1. The summed E-state index contributed by atoms with van der Waals surface area (Å²) in [6.45, 7) is 4.61. The van der Waals surface area contributed by atoms with Gasteiger partial charge in [-0.15, -0.1) is 0 Å². The van der Waals surface area contributed by atoms with Gasteiger partial charge in [-0.2, -0.15) is 0 Å². The molecule has 106 valence electrons. The van der Waals surface area contributed by atoms with Crippen molar-refractivity contribution < 1.29 is 4.74 Å². The van der Waals surface area contributed by atoms with E-state index in [1.807, 2.05) is 6.07 Å². The number of hydrogen-bond acceptors (Lipinski definition) is 4. The number of halogens is 1. The average Bonchev–Trinajstić information content (AvgIpc) is 3.22. The van der Waals surface area contributed by atoms with Crippen molar-refractivity contribution in [2.45, 2.75) is 32.4 Å². The highest BCUT2D eigenvalue weighted by molar-refractivity contribution is 6.31. The molecule has 1 saturated carbocycles. The second-order valence-electron chi connectivity index (χ2n) is 5.21. The maximum Gasteiger partial charge on any atom is 0.123 e. The summed E-state index contributed by atoms with van der Waals surface area (Å²) in [5.41, 5.74) is 6.59. The van der Waals surface area contributed by atoms with Crippen LogP contribution in [0.15, 0.2) is 12.1 Å². The molecule has 4 nitrogen and oxygen atoms in total. The highest BCUT2D eigenvalue weighted by atomic mass is 35.5. The van der Waals surface area contributed by atoms with E-state index in [0.717, 1.165) is 31.3 Å². The van der Waals surface area contributed by atoms with Crippen LogP contribution < -0.4 is 5.73 Å². The predicted molar refractivity (Wildman–Crippen MR) is 78.1 cm³/mol. The molecule has 1 aromatic heterocycles. The number of nitrogens with zero attached hydrogens (tertiary/aromatic N) is 2. The first kappa shape index (κ1) is 14.6. The third-order valence-electron chi connectivity index (χ3n) is 3.76. The molecule has 1 atom stereocenters. The molecule has 0 aromatic carbocycles. The first-order chi connectivity index (χ1) is 9.11. The molecule has 2 rings (SSSR count). The summed E-state index contributed by atoms with van der Waals surface area (Å²) >= 11 is 6.20. The third-order valence-corrected chi connectivity index (χ3v) is 4.10. The zero-order valence-corrected chi connectivity index (χ0v) is 12.4. The Morgan fingerprint density at radius 1 is 1.53 bits per heavy atom. The fourth-order valence-electron chi connectivity index (χ4n) is 2.32. The van der Waals surface area contributed by atoms with Crippen LogP contribution in [0.5, 0.6) is 0 Å². The van der Waals surface area contributed by atoms with Crippen LogP contribution in [0.3, 0.4) is 0 Å². The monoisotopic (exact) mass is 283 g/mol. The minimum atomic E-state index is 0.519. The van der Waals surface area contributed by atoms with Gasteiger partial charge in [0.15, 0.2) is 0 Å². The van der Waals surface area contributed by atoms with Crippen LogP contribution in [0, 0.1) is 5.92 Å². The van der Waals surface area contributed by atoms with Crippen molar-refractivity contribution in [1.29, 1.82) is 0 Å². The van der Waals surface area contributed by atoms with E-state index in [2.05, 4.69) is 16.8 Å². The molecule has 1 aliphatic carbocycles. The van der Waals surface area contributed by atoms with Gasteiger partial charge in [0, 0.05) is 26.2 Å². The Bertz CT molecular complexity index is 423. The summed E-state index contributed by atoms with van der Waals surface area (Å²) in [7, 11) is 1.73. The van der Waals surface area contributed by atoms with Crippen molar-refractivity contribution in [2.24, 2.45) is 5.92 Å². The van der Waals surface area contributed by atoms with Gasteiger partial charge in [-0.05, 0) is 37.8 Å². The summed E-state index contributed by atoms with van der Waals surface area (Å²) in [6, 6.07) is 4.08. The van der Waals surface area contributed by atoms with Gasteiger partial charge >= 0.3 is 0 Å². The molecule has 2 N–H and O–H groups in total. The largest absolute Gasteiger partial charge is 0.384 e. The average molecular weight is 284 g/mol. The molecular formula is C14H22ClN3O. The van der Waals surface area contributed by atoms with Crippen LogP contribution in [0.1, 0.15) is 25.5 Å². The number of anilines is 1. The van der Waals surface area contributed by atoms with Crippen LogP contribution in [-0.4, -0.2) is 36.2 Å². The number of ether oxygens (including phenoxy) is 1. The maximum atomic E-state index is 6.20. The first-order valence-electron chi connectivity index (χ1n) is 6.75. The van der Waals surface area contributed by atoms with E-state index in [9.17, 15) is 0 Å². The second-order valence-corrected chi connectivity index (χ2v) is 5.61. The van der Waals surface area contributed by atoms with Gasteiger partial charge in [0.25, 0.3) is 0 Å². The van der Waals surface area contributed by atoms with E-state index in [1.165, 1.54) is 12.8 Å². The minimum Gasteiger partial charge on any atom is -0.384 e. The quantitative estimate of drug-likeness (QED) is 0.836. The van der Waals surface area contributed by atoms with Crippen LogP contribution in [0.4, 0.5) is 5.82 Å². The summed E-state index contributed by atoms with van der Waals surface area (Å²) in [5, 5.41) is 0.680. The number of methoxy groups -OCH3 is 1. The van der Waals surface area contributed by atoms with Crippen LogP contribution in [0.2, 0.25) is 5.02 Å². The SMILES string of the molecule is COCCN(Cc1nc(N)ccc1Cl)C(C)C1CC1. The molecule has 0 spiro atoms. The Kier molecular flexibility index (Phi) is 5.02. The topological polar surface area (TPSA) is 51.4 Å². The molecule has 5 heteroatoms. The maximum absolute atomic E-state index is 6.20. The summed E-state index contributed by atoms with van der Waals surface area (Å²) < 4.78 is 5.19. The Labute approximate surface area is 119 Å². The van der Waals surface area contributed by atoms with Gasteiger partial charge in [0.05, 0.1) is 17.3 Å². The molecule has 1 fully saturated rings. The zero-order chi connectivity index (χ0) is 13.8. The number of nitrogen functional groups attached to an aromatic ring is 1. The van der Waals surface area contributed by atoms with Gasteiger partial charge in [-0.3, -0.25) is 4.90 Å². The van der Waals surface area contributed by atoms with Gasteiger partial charge < -0.3 is 10.5 Å². The van der Waals surface area contributed by atoms with Gasteiger partial charge in [-0.25, -0.2) is 4.98 Å². The first-order valence-corrected chi connectivity index (χ1v) is 7.13. The summed E-state index contributed by atoms with van der Waals surface area (Å²) in [6.07, 6.45) is 2.64. The van der Waals surface area contributed by atoms with Crippen LogP contribution in [-0.2, 0) is 11.3 Å². The summed E-state index contributed by atoms with van der Waals surface area (Å²) in [5.74, 6) is 1.32. The standard InChI is InChI=1S/C14H22ClN3O/c1-10(11-3-4-11)18(7-8-19-2)9-13-12(15)5-6-14(16)17-13/h5-6,10-11H,3-4,7-9H2,1-2H3,(H2,16,17). The van der Waals surface area contributed by atoms with E-state index in [-0.39, 0.29) is 0 Å². The van der Waals surface area contributed by atoms with Crippen molar-refractivity contribution in [3.05, 3.63) is 22.8 Å². The molecule has 1 unspecified atom stereocenters. The molecule has 1 aromatic rings. The van der Waals surface area contributed by atoms with Gasteiger partial charge in [-0.1, -0.05) is 11.6 Å². The normalized spacial score (nSPS) is 16.8. The van der Waals surface area contributed by atoms with E-state index in [4.69, 9.17) is 22.1 Å². The number of nitrogens with two attached hydrogens (primary N) is 1. The fraction of sp³-hybridized carbons (Fsp3) is 0.643. The van der Waals surface area contributed by atoms with Crippen molar-refractivity contribution in [1.82, 2.24) is 9.88 Å². The number of rotatable bonds is 7. The van der Waals surface area contributed by atoms with Crippen molar-refractivity contribution in [3.63, 3.8) is 0 Å². The Balaban J connectivity index is 2.07. The van der Waals surface area contributed by atoms with E-state index >= 15 is 0 Å².